The van der Waals surface area contributed by atoms with Crippen LogP contribution in [0.1, 0.15) is 31.2 Å². The maximum atomic E-state index is 13.7. The number of hydrogen-bond acceptors (Lipinski definition) is 3. The number of ether oxygens (including phenoxy) is 1. The highest BCUT2D eigenvalue weighted by Gasteiger charge is 2.21. The van der Waals surface area contributed by atoms with Gasteiger partial charge in [-0.15, -0.1) is 0 Å². The van der Waals surface area contributed by atoms with Crippen molar-refractivity contribution < 1.29 is 9.13 Å². The molecule has 1 aromatic rings. The molecule has 2 rings (SSSR count). The first kappa shape index (κ1) is 14.7. The number of hydrogen-bond donors (Lipinski definition) is 2. The molecular weight excluding hydrogens is 267 g/mol. The molecule has 0 radical (unpaired) electrons. The highest BCUT2D eigenvalue weighted by Crippen LogP contribution is 2.23. The second-order valence-corrected chi connectivity index (χ2v) is 5.40. The summed E-state index contributed by atoms with van der Waals surface area (Å²) < 4.78 is 19.4. The summed E-state index contributed by atoms with van der Waals surface area (Å²) in [5.41, 5.74) is 3.26. The third-order valence-electron chi connectivity index (χ3n) is 3.57. The summed E-state index contributed by atoms with van der Waals surface area (Å²) in [6.07, 6.45) is 4.81. The molecule has 1 aliphatic heterocycles. The third-order valence-corrected chi connectivity index (χ3v) is 3.92. The maximum Gasteiger partial charge on any atom is 0.127 e. The van der Waals surface area contributed by atoms with Crippen molar-refractivity contribution in [2.24, 2.45) is 5.84 Å². The first-order valence-corrected chi connectivity index (χ1v) is 7.09. The summed E-state index contributed by atoms with van der Waals surface area (Å²) in [5.74, 6) is 5.29. The summed E-state index contributed by atoms with van der Waals surface area (Å²) in [4.78, 5) is 0. The van der Waals surface area contributed by atoms with E-state index in [4.69, 9.17) is 22.2 Å². The standard InChI is InChI=1S/C14H20ClFN2O/c15-13-5-3-6-14(16)12(13)9-10(18-17)8-11-4-1-2-7-19-11/h3,5-6,10-11,18H,1-2,4,7-9,17H2. The minimum Gasteiger partial charge on any atom is -0.378 e. The predicted octanol–water partition coefficient (Wildman–Crippen LogP) is 2.81. The molecule has 1 aromatic carbocycles. The van der Waals surface area contributed by atoms with E-state index in [1.165, 1.54) is 12.5 Å². The molecule has 3 N–H and O–H groups in total. The lowest BCUT2D eigenvalue weighted by atomic mass is 9.97. The highest BCUT2D eigenvalue weighted by molar-refractivity contribution is 6.31. The van der Waals surface area contributed by atoms with Gasteiger partial charge in [-0.1, -0.05) is 17.7 Å². The Morgan fingerprint density at radius 2 is 2.32 bits per heavy atom. The van der Waals surface area contributed by atoms with Crippen LogP contribution in [-0.2, 0) is 11.2 Å². The molecule has 0 saturated carbocycles. The first-order chi connectivity index (χ1) is 9.20. The molecule has 2 unspecified atom stereocenters. The van der Waals surface area contributed by atoms with E-state index in [0.29, 0.717) is 17.0 Å². The molecule has 2 atom stereocenters. The van der Waals surface area contributed by atoms with Crippen molar-refractivity contribution in [3.63, 3.8) is 0 Å². The van der Waals surface area contributed by atoms with E-state index >= 15 is 0 Å². The first-order valence-electron chi connectivity index (χ1n) is 6.71. The van der Waals surface area contributed by atoms with Gasteiger partial charge in [0.15, 0.2) is 0 Å². The third kappa shape index (κ3) is 4.14. The van der Waals surface area contributed by atoms with E-state index in [1.54, 1.807) is 12.1 Å². The lowest BCUT2D eigenvalue weighted by molar-refractivity contribution is 0.00519. The number of hydrazine groups is 1. The molecule has 5 heteroatoms. The largest absolute Gasteiger partial charge is 0.378 e. The van der Waals surface area contributed by atoms with Gasteiger partial charge in [0.25, 0.3) is 0 Å². The van der Waals surface area contributed by atoms with Crippen molar-refractivity contribution in [1.82, 2.24) is 5.43 Å². The summed E-state index contributed by atoms with van der Waals surface area (Å²) >= 11 is 6.03. The normalized spacial score (nSPS) is 21.3. The van der Waals surface area contributed by atoms with Crippen molar-refractivity contribution in [1.29, 1.82) is 0 Å². The maximum absolute atomic E-state index is 13.7. The van der Waals surface area contributed by atoms with Crippen molar-refractivity contribution in [2.75, 3.05) is 6.61 Å². The Morgan fingerprint density at radius 3 is 2.95 bits per heavy atom. The van der Waals surface area contributed by atoms with Gasteiger partial charge in [0, 0.05) is 23.2 Å². The molecular formula is C14H20ClFN2O. The number of nitrogens with one attached hydrogen (secondary N) is 1. The van der Waals surface area contributed by atoms with Gasteiger partial charge in [-0.2, -0.15) is 0 Å². The highest BCUT2D eigenvalue weighted by atomic mass is 35.5. The van der Waals surface area contributed by atoms with Crippen molar-refractivity contribution in [3.05, 3.63) is 34.6 Å². The molecule has 3 nitrogen and oxygen atoms in total. The molecule has 19 heavy (non-hydrogen) atoms. The molecule has 0 aliphatic carbocycles. The van der Waals surface area contributed by atoms with Crippen LogP contribution in [0, 0.1) is 5.82 Å². The van der Waals surface area contributed by atoms with Crippen LogP contribution in [0.3, 0.4) is 0 Å². The van der Waals surface area contributed by atoms with Crippen LogP contribution in [0.5, 0.6) is 0 Å². The quantitative estimate of drug-likeness (QED) is 0.646. The lowest BCUT2D eigenvalue weighted by Gasteiger charge is -2.27. The summed E-state index contributed by atoms with van der Waals surface area (Å²) in [6.45, 7) is 0.808. The zero-order valence-corrected chi connectivity index (χ0v) is 11.6. The summed E-state index contributed by atoms with van der Waals surface area (Å²) in [5, 5.41) is 0.449. The summed E-state index contributed by atoms with van der Waals surface area (Å²) in [7, 11) is 0. The molecule has 1 saturated heterocycles. The van der Waals surface area contributed by atoms with E-state index in [2.05, 4.69) is 5.43 Å². The van der Waals surface area contributed by atoms with E-state index in [0.717, 1.165) is 25.9 Å². The molecule has 1 heterocycles. The molecule has 0 spiro atoms. The molecule has 0 aromatic heterocycles. The van der Waals surface area contributed by atoms with Gasteiger partial charge in [-0.3, -0.25) is 11.3 Å². The van der Waals surface area contributed by atoms with Crippen molar-refractivity contribution in [2.45, 2.75) is 44.2 Å². The van der Waals surface area contributed by atoms with Gasteiger partial charge < -0.3 is 4.74 Å². The number of benzene rings is 1. The Labute approximate surface area is 118 Å². The Hall–Kier alpha value is -0.680. The summed E-state index contributed by atoms with van der Waals surface area (Å²) in [6, 6.07) is 4.70. The van der Waals surface area contributed by atoms with E-state index in [-0.39, 0.29) is 18.0 Å². The van der Waals surface area contributed by atoms with Gasteiger partial charge in [0.1, 0.15) is 5.82 Å². The molecule has 0 bridgehead atoms. The Bertz CT molecular complexity index is 390. The second-order valence-electron chi connectivity index (χ2n) is 4.99. The van der Waals surface area contributed by atoms with Gasteiger partial charge in [-0.05, 0) is 44.2 Å². The van der Waals surface area contributed by atoms with Gasteiger partial charge in [-0.25, -0.2) is 4.39 Å². The van der Waals surface area contributed by atoms with E-state index in [9.17, 15) is 4.39 Å². The Kier molecular flexibility index (Phi) is 5.58. The Morgan fingerprint density at radius 1 is 1.47 bits per heavy atom. The Balaban J connectivity index is 1.98. The van der Waals surface area contributed by atoms with E-state index < -0.39 is 0 Å². The topological polar surface area (TPSA) is 47.3 Å². The molecule has 1 fully saturated rings. The minimum atomic E-state index is -0.280. The molecule has 1 aliphatic rings. The zero-order valence-electron chi connectivity index (χ0n) is 10.9. The van der Waals surface area contributed by atoms with Crippen molar-refractivity contribution >= 4 is 11.6 Å². The van der Waals surface area contributed by atoms with Crippen LogP contribution in [0.4, 0.5) is 4.39 Å². The SMILES string of the molecule is NNC(Cc1c(F)cccc1Cl)CC1CCCCO1. The van der Waals surface area contributed by atoms with Crippen LogP contribution in [0.15, 0.2) is 18.2 Å². The zero-order chi connectivity index (χ0) is 13.7. The average Bonchev–Trinajstić information content (AvgIpc) is 2.43. The lowest BCUT2D eigenvalue weighted by Crippen LogP contribution is -2.40. The monoisotopic (exact) mass is 286 g/mol. The fraction of sp³-hybridized carbons (Fsp3) is 0.571. The van der Waals surface area contributed by atoms with Crippen LogP contribution in [0.2, 0.25) is 5.02 Å². The average molecular weight is 287 g/mol. The smallest absolute Gasteiger partial charge is 0.127 e. The molecule has 0 amide bonds. The van der Waals surface area contributed by atoms with E-state index in [1.807, 2.05) is 0 Å². The van der Waals surface area contributed by atoms with Gasteiger partial charge in [0.05, 0.1) is 6.10 Å². The predicted molar refractivity (Wildman–Crippen MR) is 74.4 cm³/mol. The number of halogens is 2. The molecule has 106 valence electrons. The number of nitrogens with two attached hydrogens (primary N) is 1. The van der Waals surface area contributed by atoms with Gasteiger partial charge in [0.2, 0.25) is 0 Å². The van der Waals surface area contributed by atoms with Crippen molar-refractivity contribution in [3.8, 4) is 0 Å². The fourth-order valence-corrected chi connectivity index (χ4v) is 2.73. The van der Waals surface area contributed by atoms with Crippen LogP contribution >= 0.6 is 11.6 Å². The fourth-order valence-electron chi connectivity index (χ4n) is 2.49. The van der Waals surface area contributed by atoms with Gasteiger partial charge >= 0.3 is 0 Å². The number of rotatable bonds is 5. The van der Waals surface area contributed by atoms with Crippen LogP contribution in [0.25, 0.3) is 0 Å². The van der Waals surface area contributed by atoms with Crippen LogP contribution in [-0.4, -0.2) is 18.8 Å². The van der Waals surface area contributed by atoms with Crippen LogP contribution < -0.4 is 11.3 Å². The second kappa shape index (κ2) is 7.20. The minimum absolute atomic E-state index is 0.0301.